The van der Waals surface area contributed by atoms with E-state index < -0.39 is 0 Å². The van der Waals surface area contributed by atoms with Crippen LogP contribution in [0.4, 0.5) is 0 Å². The molecular weight excluding hydrogens is 566 g/mol. The van der Waals surface area contributed by atoms with Gasteiger partial charge in [-0.25, -0.2) is 0 Å². The highest BCUT2D eigenvalue weighted by molar-refractivity contribution is 5.84. The molecule has 0 heterocycles. The molecule has 4 nitrogen and oxygen atoms in total. The minimum atomic E-state index is -0.283. The Morgan fingerprint density at radius 2 is 1.59 bits per heavy atom. The van der Waals surface area contributed by atoms with E-state index >= 15 is 0 Å². The lowest BCUT2D eigenvalue weighted by molar-refractivity contribution is -0.248. The molecule has 6 aliphatic carbocycles. The number of carbonyl (C=O) groups is 2. The predicted molar refractivity (Wildman–Crippen MR) is 185 cm³/mol. The van der Waals surface area contributed by atoms with Crippen molar-refractivity contribution in [3.8, 4) is 0 Å². The van der Waals surface area contributed by atoms with Crippen molar-refractivity contribution in [2.24, 2.45) is 56.7 Å². The van der Waals surface area contributed by atoms with Gasteiger partial charge in [0.15, 0.2) is 0 Å². The number of hydrogen-bond donors (Lipinski definition) is 1. The van der Waals surface area contributed by atoms with Crippen LogP contribution in [0.1, 0.15) is 143 Å². The molecule has 1 unspecified atom stereocenters. The van der Waals surface area contributed by atoms with Gasteiger partial charge in [0.05, 0.1) is 11.5 Å². The van der Waals surface area contributed by atoms with E-state index in [1.807, 2.05) is 0 Å². The fraction of sp³-hybridized carbons (Fsp3) is 0.762. The smallest absolute Gasteiger partial charge is 0.302 e. The third kappa shape index (κ3) is 4.42. The zero-order valence-corrected chi connectivity index (χ0v) is 30.0. The van der Waals surface area contributed by atoms with E-state index in [0.29, 0.717) is 35.5 Å². The molecule has 7 rings (SSSR count). The van der Waals surface area contributed by atoms with E-state index in [2.05, 4.69) is 77.7 Å². The molecule has 0 aliphatic heterocycles. The number of esters is 1. The molecule has 1 aromatic carbocycles. The average Bonchev–Trinajstić information content (AvgIpc) is 3.40. The van der Waals surface area contributed by atoms with Crippen molar-refractivity contribution in [3.05, 3.63) is 47.5 Å². The minimum absolute atomic E-state index is 0.0131. The topological polar surface area (TPSA) is 55.4 Å². The van der Waals surface area contributed by atoms with E-state index in [4.69, 9.17) is 4.74 Å². The second-order valence-corrected chi connectivity index (χ2v) is 18.4. The summed E-state index contributed by atoms with van der Waals surface area (Å²) in [5.41, 5.74) is 4.42. The molecule has 5 saturated carbocycles. The summed E-state index contributed by atoms with van der Waals surface area (Å²) in [6.45, 7) is 21.1. The van der Waals surface area contributed by atoms with Gasteiger partial charge in [-0.2, -0.15) is 0 Å². The molecule has 46 heavy (non-hydrogen) atoms. The van der Waals surface area contributed by atoms with Crippen molar-refractivity contribution in [1.29, 1.82) is 0 Å². The Morgan fingerprint density at radius 3 is 2.33 bits per heavy atom. The minimum Gasteiger partial charge on any atom is -0.462 e. The molecule has 1 amide bonds. The maximum atomic E-state index is 14.8. The largest absolute Gasteiger partial charge is 0.462 e. The molecule has 0 spiro atoms. The molecule has 0 bridgehead atoms. The van der Waals surface area contributed by atoms with Crippen molar-refractivity contribution in [3.63, 3.8) is 0 Å². The van der Waals surface area contributed by atoms with Crippen LogP contribution < -0.4 is 5.32 Å². The summed E-state index contributed by atoms with van der Waals surface area (Å²) in [5.74, 6) is 2.77. The number of aryl methyl sites for hydroxylation is 1. The highest BCUT2D eigenvalue weighted by Gasteiger charge is 2.72. The van der Waals surface area contributed by atoms with Crippen LogP contribution in [-0.2, 0) is 20.7 Å². The van der Waals surface area contributed by atoms with Gasteiger partial charge in [0, 0.05) is 12.3 Å². The van der Waals surface area contributed by atoms with Gasteiger partial charge >= 0.3 is 5.97 Å². The molecule has 0 aromatic heterocycles. The first-order chi connectivity index (χ1) is 21.7. The summed E-state index contributed by atoms with van der Waals surface area (Å²) in [7, 11) is 0. The van der Waals surface area contributed by atoms with E-state index in [-0.39, 0.29) is 45.2 Å². The molecule has 0 saturated heterocycles. The predicted octanol–water partition coefficient (Wildman–Crippen LogP) is 9.77. The Kier molecular flexibility index (Phi) is 7.73. The quantitative estimate of drug-likeness (QED) is 0.267. The molecule has 252 valence electrons. The summed E-state index contributed by atoms with van der Waals surface area (Å²) in [4.78, 5) is 26.9. The summed E-state index contributed by atoms with van der Waals surface area (Å²) < 4.78 is 5.97. The van der Waals surface area contributed by atoms with Crippen molar-refractivity contribution < 1.29 is 14.3 Å². The number of ether oxygens (including phenoxy) is 1. The van der Waals surface area contributed by atoms with Crippen LogP contribution in [0.3, 0.4) is 0 Å². The summed E-state index contributed by atoms with van der Waals surface area (Å²) in [6, 6.07) is 8.93. The molecule has 5 fully saturated rings. The van der Waals surface area contributed by atoms with Crippen LogP contribution in [0.5, 0.6) is 0 Å². The van der Waals surface area contributed by atoms with Crippen LogP contribution in [-0.4, -0.2) is 18.0 Å². The number of fused-ring (bicyclic) bond motifs is 8. The maximum absolute atomic E-state index is 14.8. The van der Waals surface area contributed by atoms with E-state index in [1.165, 1.54) is 42.4 Å². The lowest BCUT2D eigenvalue weighted by Crippen LogP contribution is -2.67. The Balaban J connectivity index is 1.21. The Morgan fingerprint density at radius 1 is 0.826 bits per heavy atom. The monoisotopic (exact) mass is 627 g/mol. The van der Waals surface area contributed by atoms with Crippen LogP contribution in [0.2, 0.25) is 0 Å². The first-order valence-corrected chi connectivity index (χ1v) is 18.9. The van der Waals surface area contributed by atoms with Gasteiger partial charge < -0.3 is 10.1 Å². The second-order valence-electron chi connectivity index (χ2n) is 18.4. The van der Waals surface area contributed by atoms with Crippen molar-refractivity contribution in [2.45, 2.75) is 144 Å². The average molecular weight is 628 g/mol. The van der Waals surface area contributed by atoms with E-state index in [9.17, 15) is 9.59 Å². The summed E-state index contributed by atoms with van der Waals surface area (Å²) >= 11 is 0. The second kappa shape index (κ2) is 11.0. The Hall–Kier alpha value is -2.10. The highest BCUT2D eigenvalue weighted by Crippen LogP contribution is 2.77. The van der Waals surface area contributed by atoms with Crippen molar-refractivity contribution in [2.75, 3.05) is 0 Å². The summed E-state index contributed by atoms with van der Waals surface area (Å²) in [5, 5.41) is 3.71. The molecule has 1 N–H and O–H groups in total. The SMILES string of the molecule is C=C(C)[C@@H]1CC[C@]2(C(=O)NC3CCCc4ccccc43)CC[C@]3(C)[C@H](CC[C@@H]4[C@@]5(C)CC[C@H](OC(C)=O)C(C)(C)[C@@H]5CC[C@]43C)[C@@H]12. The summed E-state index contributed by atoms with van der Waals surface area (Å²) in [6.07, 6.45) is 14.6. The van der Waals surface area contributed by atoms with Gasteiger partial charge in [0.1, 0.15) is 6.10 Å². The van der Waals surface area contributed by atoms with Crippen LogP contribution in [0.15, 0.2) is 36.4 Å². The van der Waals surface area contributed by atoms with Gasteiger partial charge in [0.25, 0.3) is 0 Å². The molecule has 11 atom stereocenters. The normalized spacial score (nSPS) is 45.6. The lowest BCUT2D eigenvalue weighted by Gasteiger charge is -2.72. The zero-order valence-electron chi connectivity index (χ0n) is 30.0. The van der Waals surface area contributed by atoms with Crippen LogP contribution in [0, 0.1) is 56.7 Å². The Bertz CT molecular complexity index is 1410. The maximum Gasteiger partial charge on any atom is 0.302 e. The number of amides is 1. The third-order valence-corrected chi connectivity index (χ3v) is 16.4. The van der Waals surface area contributed by atoms with Gasteiger partial charge in [-0.3, -0.25) is 9.59 Å². The lowest BCUT2D eigenvalue weighted by atomic mass is 9.32. The van der Waals surface area contributed by atoms with Gasteiger partial charge in [0.2, 0.25) is 5.91 Å². The molecule has 0 radical (unpaired) electrons. The van der Waals surface area contributed by atoms with Gasteiger partial charge in [-0.1, -0.05) is 71.0 Å². The van der Waals surface area contributed by atoms with Crippen LogP contribution in [0.25, 0.3) is 0 Å². The standard InChI is InChI=1S/C42H61NO3/c1-26(2)29-18-23-42(37(45)43-32-15-11-13-28-12-9-10-14-30(28)32)25-24-40(7)31(36(29)42)16-17-34-39(6)21-20-35(46-27(3)44)38(4,5)33(39)19-22-41(34,40)8/h9-10,12,14,29,31-36H,1,11,13,15-25H2,2-8H3,(H,43,45)/t29-,31+,32?,33-,34+,35-,36+,39-,40+,41+,42-/m0/s1. The van der Waals surface area contributed by atoms with Gasteiger partial charge in [-0.05, 0) is 147 Å². The van der Waals surface area contributed by atoms with E-state index in [1.54, 1.807) is 6.92 Å². The molecule has 1 aromatic rings. The number of hydrogen-bond acceptors (Lipinski definition) is 3. The van der Waals surface area contributed by atoms with Crippen LogP contribution >= 0.6 is 0 Å². The number of allylic oxidation sites excluding steroid dienone is 1. The van der Waals surface area contributed by atoms with Crippen molar-refractivity contribution >= 4 is 11.9 Å². The highest BCUT2D eigenvalue weighted by atomic mass is 16.5. The fourth-order valence-electron chi connectivity index (χ4n) is 14.1. The van der Waals surface area contributed by atoms with Gasteiger partial charge in [-0.15, -0.1) is 0 Å². The number of rotatable bonds is 4. The Labute approximate surface area is 279 Å². The molecule has 6 aliphatic rings. The van der Waals surface area contributed by atoms with E-state index in [0.717, 1.165) is 57.8 Å². The first kappa shape index (κ1) is 32.4. The number of carbonyl (C=O) groups excluding carboxylic acids is 2. The molecule has 4 heteroatoms. The van der Waals surface area contributed by atoms with Crippen molar-refractivity contribution in [1.82, 2.24) is 5.32 Å². The number of benzene rings is 1. The number of nitrogens with one attached hydrogen (secondary N) is 1. The first-order valence-electron chi connectivity index (χ1n) is 18.9. The molecular formula is C42H61NO3. The zero-order chi connectivity index (χ0) is 32.9. The fourth-order valence-corrected chi connectivity index (χ4v) is 14.1. The third-order valence-electron chi connectivity index (χ3n) is 16.4.